The quantitative estimate of drug-likeness (QED) is 0.504. The van der Waals surface area contributed by atoms with E-state index < -0.39 is 0 Å². The fourth-order valence-corrected chi connectivity index (χ4v) is 3.53. The van der Waals surface area contributed by atoms with Gasteiger partial charge in [-0.2, -0.15) is 4.98 Å². The minimum absolute atomic E-state index is 0.403. The molecule has 0 fully saturated rings. The Balaban J connectivity index is 1.56. The third kappa shape index (κ3) is 3.10. The van der Waals surface area contributed by atoms with E-state index in [1.165, 1.54) is 11.8 Å². The van der Waals surface area contributed by atoms with Gasteiger partial charge in [0, 0.05) is 11.8 Å². The third-order valence-electron chi connectivity index (χ3n) is 3.56. The number of hydrogen-bond donors (Lipinski definition) is 0. The molecule has 1 aromatic carbocycles. The summed E-state index contributed by atoms with van der Waals surface area (Å²) in [6.45, 7) is 3.86. The monoisotopic (exact) mass is 372 g/mol. The lowest BCUT2D eigenvalue weighted by molar-refractivity contribution is 0.425. The van der Waals surface area contributed by atoms with E-state index in [4.69, 9.17) is 16.1 Å². The van der Waals surface area contributed by atoms with Crippen LogP contribution in [0.25, 0.3) is 17.1 Å². The van der Waals surface area contributed by atoms with Crippen molar-refractivity contribution in [1.29, 1.82) is 0 Å². The number of halogens is 1. The van der Waals surface area contributed by atoms with Gasteiger partial charge in [0.2, 0.25) is 0 Å². The van der Waals surface area contributed by atoms with Gasteiger partial charge < -0.3 is 4.52 Å². The first-order valence-corrected chi connectivity index (χ1v) is 8.88. The highest BCUT2D eigenvalue weighted by Crippen LogP contribution is 2.27. The van der Waals surface area contributed by atoms with Crippen molar-refractivity contribution in [3.8, 4) is 11.5 Å². The molecule has 0 aliphatic rings. The van der Waals surface area contributed by atoms with Crippen molar-refractivity contribution in [2.45, 2.75) is 24.8 Å². The number of aromatic nitrogens is 6. The fraction of sp³-hybridized carbons (Fsp3) is 0.188. The third-order valence-corrected chi connectivity index (χ3v) is 4.82. The zero-order valence-electron chi connectivity index (χ0n) is 13.5. The lowest BCUT2D eigenvalue weighted by Gasteiger charge is -2.02. The van der Waals surface area contributed by atoms with Gasteiger partial charge in [0.25, 0.3) is 5.89 Å². The van der Waals surface area contributed by atoms with Crippen molar-refractivity contribution in [2.75, 3.05) is 0 Å². The molecule has 3 aromatic heterocycles. The summed E-state index contributed by atoms with van der Waals surface area (Å²) in [7, 11) is 0. The van der Waals surface area contributed by atoms with Gasteiger partial charge in [-0.05, 0) is 26.0 Å². The first-order chi connectivity index (χ1) is 12.1. The summed E-state index contributed by atoms with van der Waals surface area (Å²) in [6.07, 6.45) is 0. The Labute approximate surface area is 152 Å². The number of rotatable bonds is 4. The Morgan fingerprint density at radius 3 is 2.84 bits per heavy atom. The molecule has 0 saturated carbocycles. The van der Waals surface area contributed by atoms with Crippen LogP contribution in [0.3, 0.4) is 0 Å². The standard InChI is InChI=1S/C16H13ClN6OS/c1-9-7-14-20-21-16(23(14)10(2)18-9)25-8-13-19-15(24-22-13)11-5-3-4-6-12(11)17/h3-7H,8H2,1-2H3. The second kappa shape index (κ2) is 6.45. The average Bonchev–Trinajstić information content (AvgIpc) is 3.20. The molecule has 25 heavy (non-hydrogen) atoms. The molecule has 4 aromatic rings. The minimum Gasteiger partial charge on any atom is -0.334 e. The van der Waals surface area contributed by atoms with Crippen LogP contribution in [0.1, 0.15) is 17.3 Å². The predicted octanol–water partition coefficient (Wildman–Crippen LogP) is 3.74. The maximum Gasteiger partial charge on any atom is 0.259 e. The lowest BCUT2D eigenvalue weighted by Crippen LogP contribution is -1.99. The zero-order chi connectivity index (χ0) is 17.4. The maximum absolute atomic E-state index is 6.16. The molecular formula is C16H13ClN6OS. The second-order valence-electron chi connectivity index (χ2n) is 5.41. The van der Waals surface area contributed by atoms with Gasteiger partial charge in [0.1, 0.15) is 5.82 Å². The molecular weight excluding hydrogens is 360 g/mol. The SMILES string of the molecule is Cc1cc2nnc(SCc3noc(-c4ccccc4Cl)n3)n2c(C)n1. The topological polar surface area (TPSA) is 82.0 Å². The molecule has 9 heteroatoms. The van der Waals surface area contributed by atoms with Crippen LogP contribution < -0.4 is 0 Å². The zero-order valence-corrected chi connectivity index (χ0v) is 15.0. The van der Waals surface area contributed by atoms with Crippen molar-refractivity contribution in [3.05, 3.63) is 52.7 Å². The summed E-state index contributed by atoms with van der Waals surface area (Å²) in [5.41, 5.74) is 2.41. The van der Waals surface area contributed by atoms with E-state index >= 15 is 0 Å². The van der Waals surface area contributed by atoms with Crippen LogP contribution in [0, 0.1) is 13.8 Å². The first kappa shape index (κ1) is 16.0. The number of thioether (sulfide) groups is 1. The molecule has 0 N–H and O–H groups in total. The molecule has 3 heterocycles. The van der Waals surface area contributed by atoms with E-state index in [1.54, 1.807) is 6.07 Å². The number of hydrogen-bond acceptors (Lipinski definition) is 7. The van der Waals surface area contributed by atoms with Crippen molar-refractivity contribution in [1.82, 2.24) is 29.7 Å². The Bertz CT molecular complexity index is 1060. The molecule has 0 aliphatic carbocycles. The highest BCUT2D eigenvalue weighted by molar-refractivity contribution is 7.98. The average molecular weight is 373 g/mol. The molecule has 4 rings (SSSR count). The van der Waals surface area contributed by atoms with Gasteiger partial charge in [-0.1, -0.05) is 40.7 Å². The Kier molecular flexibility index (Phi) is 4.14. The van der Waals surface area contributed by atoms with Gasteiger partial charge in [-0.25, -0.2) is 4.98 Å². The maximum atomic E-state index is 6.16. The predicted molar refractivity (Wildman–Crippen MR) is 94.6 cm³/mol. The first-order valence-electron chi connectivity index (χ1n) is 7.51. The summed E-state index contributed by atoms with van der Waals surface area (Å²) in [5, 5.41) is 13.7. The van der Waals surface area contributed by atoms with Crippen LogP contribution in [0.5, 0.6) is 0 Å². The summed E-state index contributed by atoms with van der Waals surface area (Å²) >= 11 is 7.63. The Morgan fingerprint density at radius 1 is 1.16 bits per heavy atom. The second-order valence-corrected chi connectivity index (χ2v) is 6.75. The summed E-state index contributed by atoms with van der Waals surface area (Å²) in [6, 6.07) is 9.26. The van der Waals surface area contributed by atoms with Crippen LogP contribution in [-0.4, -0.2) is 29.7 Å². The number of nitrogens with zero attached hydrogens (tertiary/aromatic N) is 6. The largest absolute Gasteiger partial charge is 0.334 e. The summed E-state index contributed by atoms with van der Waals surface area (Å²) in [4.78, 5) is 8.85. The molecule has 7 nitrogen and oxygen atoms in total. The van der Waals surface area contributed by atoms with Crippen LogP contribution in [0.15, 0.2) is 40.0 Å². The van der Waals surface area contributed by atoms with E-state index in [1.807, 2.05) is 42.5 Å². The van der Waals surface area contributed by atoms with Crippen molar-refractivity contribution in [3.63, 3.8) is 0 Å². The molecule has 0 saturated heterocycles. The van der Waals surface area contributed by atoms with Gasteiger partial charge >= 0.3 is 0 Å². The van der Waals surface area contributed by atoms with E-state index in [-0.39, 0.29) is 0 Å². The number of fused-ring (bicyclic) bond motifs is 1. The number of aryl methyl sites for hydroxylation is 2. The highest BCUT2D eigenvalue weighted by atomic mass is 35.5. The summed E-state index contributed by atoms with van der Waals surface area (Å²) < 4.78 is 7.22. The minimum atomic E-state index is 0.403. The molecule has 0 unspecified atom stereocenters. The molecule has 126 valence electrons. The van der Waals surface area contributed by atoms with Gasteiger partial charge in [0.15, 0.2) is 16.6 Å². The molecule has 0 spiro atoms. The normalized spacial score (nSPS) is 11.3. The molecule has 0 amide bonds. The molecule has 0 atom stereocenters. The van der Waals surface area contributed by atoms with Crippen molar-refractivity contribution < 1.29 is 4.52 Å². The fourth-order valence-electron chi connectivity index (χ4n) is 2.48. The Hall–Kier alpha value is -2.45. The smallest absolute Gasteiger partial charge is 0.259 e. The molecule has 0 aliphatic heterocycles. The van der Waals surface area contributed by atoms with E-state index in [9.17, 15) is 0 Å². The lowest BCUT2D eigenvalue weighted by atomic mass is 10.2. The molecule has 0 radical (unpaired) electrons. The number of benzene rings is 1. The van der Waals surface area contributed by atoms with Gasteiger partial charge in [0.05, 0.1) is 16.3 Å². The molecule has 0 bridgehead atoms. The van der Waals surface area contributed by atoms with Crippen molar-refractivity contribution >= 4 is 29.0 Å². The van der Waals surface area contributed by atoms with Gasteiger partial charge in [-0.15, -0.1) is 10.2 Å². The van der Waals surface area contributed by atoms with Crippen LogP contribution >= 0.6 is 23.4 Å². The van der Waals surface area contributed by atoms with E-state index in [2.05, 4.69) is 25.3 Å². The van der Waals surface area contributed by atoms with Crippen LogP contribution in [-0.2, 0) is 5.75 Å². The van der Waals surface area contributed by atoms with Crippen LogP contribution in [0.2, 0.25) is 5.02 Å². The van der Waals surface area contributed by atoms with E-state index in [0.717, 1.165) is 27.9 Å². The highest BCUT2D eigenvalue weighted by Gasteiger charge is 2.14. The van der Waals surface area contributed by atoms with Crippen molar-refractivity contribution in [2.24, 2.45) is 0 Å². The van der Waals surface area contributed by atoms with Gasteiger partial charge in [-0.3, -0.25) is 4.40 Å². The van der Waals surface area contributed by atoms with E-state index in [0.29, 0.717) is 22.5 Å². The van der Waals surface area contributed by atoms with Crippen LogP contribution in [0.4, 0.5) is 0 Å². The summed E-state index contributed by atoms with van der Waals surface area (Å²) in [5.74, 6) is 2.31. The Morgan fingerprint density at radius 2 is 2.00 bits per heavy atom.